The summed E-state index contributed by atoms with van der Waals surface area (Å²) in [6.07, 6.45) is 6.21. The first-order chi connectivity index (χ1) is 7.15. The van der Waals surface area contributed by atoms with Gasteiger partial charge in [0.05, 0.1) is 6.10 Å². The van der Waals surface area contributed by atoms with Gasteiger partial charge in [0.25, 0.3) is 0 Å². The summed E-state index contributed by atoms with van der Waals surface area (Å²) in [5, 5.41) is 9.70. The van der Waals surface area contributed by atoms with Gasteiger partial charge in [-0.15, -0.1) is 0 Å². The van der Waals surface area contributed by atoms with Gasteiger partial charge in [-0.2, -0.15) is 0 Å². The molecule has 1 saturated heterocycles. The third-order valence-electron chi connectivity index (χ3n) is 4.10. The number of hydrogen-bond acceptors (Lipinski definition) is 2. The number of β-amino-alcohol motifs (C(OH)–C–C–N with tert-alkyl or cyclic N) is 1. The fourth-order valence-corrected chi connectivity index (χ4v) is 3.52. The highest BCUT2D eigenvalue weighted by atomic mass is 16.3. The minimum atomic E-state index is -0.0636. The molecule has 2 heteroatoms. The summed E-state index contributed by atoms with van der Waals surface area (Å²) in [4.78, 5) is 2.54. The number of aliphatic hydroxyl groups excluding tert-OH is 1. The number of likely N-dealkylation sites (tertiary alicyclic amines) is 1. The Balaban J connectivity index is 1.91. The van der Waals surface area contributed by atoms with Crippen molar-refractivity contribution < 1.29 is 5.11 Å². The molecule has 2 aliphatic rings. The molecular weight excluding hydrogens is 186 g/mol. The molecule has 1 aliphatic heterocycles. The van der Waals surface area contributed by atoms with Crippen molar-refractivity contribution in [3.8, 4) is 0 Å². The maximum atomic E-state index is 9.70. The Morgan fingerprint density at radius 1 is 1.07 bits per heavy atom. The molecule has 0 spiro atoms. The molecule has 0 radical (unpaired) electrons. The molecule has 2 rings (SSSR count). The molecule has 3 atom stereocenters. The van der Waals surface area contributed by atoms with Crippen LogP contribution in [0.4, 0.5) is 0 Å². The van der Waals surface area contributed by atoms with Gasteiger partial charge in [0.15, 0.2) is 0 Å². The predicted molar refractivity (Wildman–Crippen MR) is 62.8 cm³/mol. The normalized spacial score (nSPS) is 44.2. The van der Waals surface area contributed by atoms with Crippen molar-refractivity contribution >= 4 is 0 Å². The van der Waals surface area contributed by atoms with Crippen molar-refractivity contribution in [3.05, 3.63) is 0 Å². The summed E-state index contributed by atoms with van der Waals surface area (Å²) in [7, 11) is 0. The zero-order valence-corrected chi connectivity index (χ0v) is 10.2. The van der Waals surface area contributed by atoms with Crippen molar-refractivity contribution in [2.75, 3.05) is 13.1 Å². The number of aliphatic hydroxyl groups is 1. The Bertz CT molecular complexity index is 197. The van der Waals surface area contributed by atoms with E-state index in [2.05, 4.69) is 18.7 Å². The van der Waals surface area contributed by atoms with E-state index < -0.39 is 0 Å². The SMILES string of the molecule is CC1CC(C)CC(N2CCC[C@H](O)C2)C1. The summed E-state index contributed by atoms with van der Waals surface area (Å²) >= 11 is 0. The van der Waals surface area contributed by atoms with Gasteiger partial charge in [0.1, 0.15) is 0 Å². The number of nitrogens with zero attached hydrogens (tertiary/aromatic N) is 1. The first-order valence-electron chi connectivity index (χ1n) is 6.57. The van der Waals surface area contributed by atoms with E-state index in [1.54, 1.807) is 0 Å². The van der Waals surface area contributed by atoms with E-state index in [9.17, 15) is 5.11 Å². The minimum Gasteiger partial charge on any atom is -0.392 e. The van der Waals surface area contributed by atoms with Crippen LogP contribution < -0.4 is 0 Å². The van der Waals surface area contributed by atoms with Crippen molar-refractivity contribution in [2.24, 2.45) is 11.8 Å². The average molecular weight is 211 g/mol. The van der Waals surface area contributed by atoms with Crippen molar-refractivity contribution in [2.45, 2.75) is 58.1 Å². The molecule has 0 aromatic carbocycles. The van der Waals surface area contributed by atoms with E-state index in [4.69, 9.17) is 0 Å². The smallest absolute Gasteiger partial charge is 0.0667 e. The summed E-state index contributed by atoms with van der Waals surface area (Å²) < 4.78 is 0. The second kappa shape index (κ2) is 4.84. The molecule has 2 unspecified atom stereocenters. The number of rotatable bonds is 1. The Hall–Kier alpha value is -0.0800. The van der Waals surface area contributed by atoms with Crippen molar-refractivity contribution in [1.29, 1.82) is 0 Å². The number of piperidine rings is 1. The highest BCUT2D eigenvalue weighted by Crippen LogP contribution is 2.32. The van der Waals surface area contributed by atoms with Crippen LogP contribution in [0.3, 0.4) is 0 Å². The highest BCUT2D eigenvalue weighted by molar-refractivity contribution is 4.85. The molecule has 0 aromatic rings. The van der Waals surface area contributed by atoms with Crippen molar-refractivity contribution in [1.82, 2.24) is 4.90 Å². The van der Waals surface area contributed by atoms with E-state index in [-0.39, 0.29) is 6.10 Å². The summed E-state index contributed by atoms with van der Waals surface area (Å²) in [5.41, 5.74) is 0. The van der Waals surface area contributed by atoms with Gasteiger partial charge in [-0.25, -0.2) is 0 Å². The maximum Gasteiger partial charge on any atom is 0.0667 e. The number of hydrogen-bond donors (Lipinski definition) is 1. The van der Waals surface area contributed by atoms with E-state index in [0.29, 0.717) is 0 Å². The summed E-state index contributed by atoms with van der Waals surface area (Å²) in [6, 6.07) is 0.749. The standard InChI is InChI=1S/C13H25NO/c1-10-6-11(2)8-12(7-10)14-5-3-4-13(15)9-14/h10-13,15H,3-9H2,1-2H3/t10?,11?,12?,13-/m0/s1. The lowest BCUT2D eigenvalue weighted by Gasteiger charge is -2.42. The van der Waals surface area contributed by atoms with Crippen LogP contribution in [0.15, 0.2) is 0 Å². The maximum absolute atomic E-state index is 9.70. The van der Waals surface area contributed by atoms with Crippen LogP contribution in [0.25, 0.3) is 0 Å². The van der Waals surface area contributed by atoms with Gasteiger partial charge in [-0.05, 0) is 50.5 Å². The average Bonchev–Trinajstić information content (AvgIpc) is 2.16. The first-order valence-corrected chi connectivity index (χ1v) is 6.57. The molecular formula is C13H25NO. The molecule has 0 bridgehead atoms. The van der Waals surface area contributed by atoms with Crippen LogP contribution in [-0.4, -0.2) is 35.2 Å². The Kier molecular flexibility index (Phi) is 3.68. The lowest BCUT2D eigenvalue weighted by Crippen LogP contribution is -2.47. The fraction of sp³-hybridized carbons (Fsp3) is 1.00. The van der Waals surface area contributed by atoms with E-state index >= 15 is 0 Å². The van der Waals surface area contributed by atoms with Crippen molar-refractivity contribution in [3.63, 3.8) is 0 Å². The second-order valence-corrected chi connectivity index (χ2v) is 5.86. The van der Waals surface area contributed by atoms with Gasteiger partial charge < -0.3 is 5.11 Å². The Morgan fingerprint density at radius 3 is 2.33 bits per heavy atom. The van der Waals surface area contributed by atoms with Crippen LogP contribution >= 0.6 is 0 Å². The second-order valence-electron chi connectivity index (χ2n) is 5.86. The van der Waals surface area contributed by atoms with Gasteiger partial charge >= 0.3 is 0 Å². The first kappa shape index (κ1) is 11.4. The third-order valence-corrected chi connectivity index (χ3v) is 4.10. The van der Waals surface area contributed by atoms with E-state index in [1.165, 1.54) is 32.2 Å². The van der Waals surface area contributed by atoms with Gasteiger partial charge in [0, 0.05) is 12.6 Å². The van der Waals surface area contributed by atoms with Crippen LogP contribution in [0.5, 0.6) is 0 Å². The van der Waals surface area contributed by atoms with E-state index in [0.717, 1.165) is 30.8 Å². The quantitative estimate of drug-likeness (QED) is 0.719. The molecule has 2 nitrogen and oxygen atoms in total. The zero-order chi connectivity index (χ0) is 10.8. The summed E-state index contributed by atoms with van der Waals surface area (Å²) in [6.45, 7) is 6.89. The molecule has 1 N–H and O–H groups in total. The Labute approximate surface area is 93.7 Å². The minimum absolute atomic E-state index is 0.0636. The zero-order valence-electron chi connectivity index (χ0n) is 10.2. The third kappa shape index (κ3) is 2.94. The van der Waals surface area contributed by atoms with Crippen LogP contribution in [0.1, 0.15) is 46.0 Å². The molecule has 1 heterocycles. The van der Waals surface area contributed by atoms with Gasteiger partial charge in [-0.3, -0.25) is 4.90 Å². The molecule has 1 saturated carbocycles. The monoisotopic (exact) mass is 211 g/mol. The summed E-state index contributed by atoms with van der Waals surface area (Å²) in [5.74, 6) is 1.75. The molecule has 15 heavy (non-hydrogen) atoms. The van der Waals surface area contributed by atoms with Crippen LogP contribution in [0, 0.1) is 11.8 Å². The highest BCUT2D eigenvalue weighted by Gasteiger charge is 2.30. The fourth-order valence-electron chi connectivity index (χ4n) is 3.52. The molecule has 2 fully saturated rings. The lowest BCUT2D eigenvalue weighted by molar-refractivity contribution is 0.0222. The van der Waals surface area contributed by atoms with Crippen LogP contribution in [-0.2, 0) is 0 Å². The van der Waals surface area contributed by atoms with E-state index in [1.807, 2.05) is 0 Å². The molecule has 0 aromatic heterocycles. The Morgan fingerprint density at radius 2 is 1.73 bits per heavy atom. The van der Waals surface area contributed by atoms with Gasteiger partial charge in [-0.1, -0.05) is 13.8 Å². The molecule has 0 amide bonds. The molecule has 1 aliphatic carbocycles. The van der Waals surface area contributed by atoms with Crippen LogP contribution in [0.2, 0.25) is 0 Å². The topological polar surface area (TPSA) is 23.5 Å². The van der Waals surface area contributed by atoms with Gasteiger partial charge in [0.2, 0.25) is 0 Å². The lowest BCUT2D eigenvalue weighted by atomic mass is 9.79. The predicted octanol–water partition coefficient (Wildman–Crippen LogP) is 2.27. The largest absolute Gasteiger partial charge is 0.392 e. The molecule has 88 valence electrons.